The lowest BCUT2D eigenvalue weighted by molar-refractivity contribution is 0.0397. The summed E-state index contributed by atoms with van der Waals surface area (Å²) < 4.78 is 4.94. The first-order chi connectivity index (χ1) is 2.56. The lowest BCUT2D eigenvalue weighted by Gasteiger charge is -2.14. The van der Waals surface area contributed by atoms with Crippen LogP contribution in [0.1, 0.15) is 28.2 Å². The maximum absolute atomic E-state index is 4.94. The highest BCUT2D eigenvalue weighted by Gasteiger charge is 2.03. The van der Waals surface area contributed by atoms with Crippen molar-refractivity contribution >= 4 is 0 Å². The molecule has 0 heterocycles. The van der Waals surface area contributed by atoms with Crippen molar-refractivity contribution in [3.63, 3.8) is 0 Å². The predicted octanol–water partition coefficient (Wildman–Crippen LogP) is 2.07. The zero-order valence-electron chi connectivity index (χ0n) is 4.91. The molecule has 1 nitrogen and oxygen atoms in total. The van der Waals surface area contributed by atoms with E-state index in [1.807, 2.05) is 20.8 Å². The fourth-order valence-electron chi connectivity index (χ4n) is 0. The Morgan fingerprint density at radius 2 is 1.29 bits per heavy atom. The zero-order chi connectivity index (χ0) is 5.21. The van der Waals surface area contributed by atoms with E-state index in [1.165, 1.54) is 0 Å². The molecular weight excluding hydrogens is 88.1 g/mol. The van der Waals surface area contributed by atoms with Crippen LogP contribution in [0.3, 0.4) is 0 Å². The summed E-state index contributed by atoms with van der Waals surface area (Å²) in [6, 6.07) is 0. The molecule has 0 aliphatic rings. The molecule has 1 heteroatoms. The zero-order valence-corrected chi connectivity index (χ0v) is 4.91. The van der Waals surface area contributed by atoms with E-state index < -0.39 is 0 Å². The Bertz CT molecular complexity index is 33.9. The second-order valence-electron chi connectivity index (χ2n) is 2.32. The van der Waals surface area contributed by atoms with Crippen LogP contribution in [-0.4, -0.2) is 12.7 Å². The summed E-state index contributed by atoms with van der Waals surface area (Å²) in [5, 5.41) is 0. The monoisotopic (exact) mass is 104 g/mol. The van der Waals surface area contributed by atoms with Gasteiger partial charge in [-0.25, -0.2) is 0 Å². The Kier molecular flexibility index (Phi) is 4.35. The van der Waals surface area contributed by atoms with E-state index in [1.54, 1.807) is 7.11 Å². The Hall–Kier alpha value is -0.0400. The van der Waals surface area contributed by atoms with Crippen molar-refractivity contribution in [3.8, 4) is 0 Å². The molecule has 0 N–H and O–H groups in total. The second kappa shape index (κ2) is 3.03. The third-order valence-corrected chi connectivity index (χ3v) is 0.612. The van der Waals surface area contributed by atoms with E-state index in [0.29, 0.717) is 0 Å². The van der Waals surface area contributed by atoms with E-state index in [2.05, 4.69) is 0 Å². The first kappa shape index (κ1) is 10.0. The number of methoxy groups -OCH3 is 1. The highest BCUT2D eigenvalue weighted by atomic mass is 16.5. The quantitative estimate of drug-likeness (QED) is 0.457. The molecule has 0 aliphatic heterocycles. The largest absolute Gasteiger partial charge is 0.379 e. The van der Waals surface area contributed by atoms with Crippen LogP contribution in [-0.2, 0) is 4.74 Å². The fourth-order valence-corrected chi connectivity index (χ4v) is 0. The van der Waals surface area contributed by atoms with Crippen LogP contribution >= 0.6 is 0 Å². The van der Waals surface area contributed by atoms with Crippen LogP contribution in [0.2, 0.25) is 0 Å². The van der Waals surface area contributed by atoms with E-state index >= 15 is 0 Å². The Morgan fingerprint density at radius 3 is 1.29 bits per heavy atom. The summed E-state index contributed by atoms with van der Waals surface area (Å²) in [5.41, 5.74) is 0.0417. The van der Waals surface area contributed by atoms with Crippen molar-refractivity contribution in [1.29, 1.82) is 0 Å². The van der Waals surface area contributed by atoms with Crippen LogP contribution in [0.5, 0.6) is 0 Å². The van der Waals surface area contributed by atoms with Gasteiger partial charge < -0.3 is 4.74 Å². The summed E-state index contributed by atoms with van der Waals surface area (Å²) in [7, 11) is 1.71. The molecule has 46 valence electrons. The predicted molar refractivity (Wildman–Crippen MR) is 33.5 cm³/mol. The molecule has 0 bridgehead atoms. The Morgan fingerprint density at radius 1 is 1.14 bits per heavy atom. The SMILES string of the molecule is C.COC(C)(C)C. The third kappa shape index (κ3) is 10.7. The first-order valence-electron chi connectivity index (χ1n) is 2.11. The first-order valence-corrected chi connectivity index (χ1v) is 2.11. The highest BCUT2D eigenvalue weighted by Crippen LogP contribution is 2.02. The van der Waals surface area contributed by atoms with Gasteiger partial charge in [0.25, 0.3) is 0 Å². The van der Waals surface area contributed by atoms with Gasteiger partial charge in [0.15, 0.2) is 0 Å². The van der Waals surface area contributed by atoms with Gasteiger partial charge >= 0.3 is 0 Å². The molecular formula is C6H16O. The van der Waals surface area contributed by atoms with Crippen LogP contribution < -0.4 is 0 Å². The van der Waals surface area contributed by atoms with Crippen molar-refractivity contribution in [2.75, 3.05) is 7.11 Å². The lowest BCUT2D eigenvalue weighted by Crippen LogP contribution is -2.15. The molecule has 0 aromatic carbocycles. The molecule has 0 aliphatic carbocycles. The van der Waals surface area contributed by atoms with Crippen LogP contribution in [0.4, 0.5) is 0 Å². The second-order valence-corrected chi connectivity index (χ2v) is 2.32. The van der Waals surface area contributed by atoms with Gasteiger partial charge in [-0.05, 0) is 20.8 Å². The summed E-state index contributed by atoms with van der Waals surface area (Å²) in [6.07, 6.45) is 0. The summed E-state index contributed by atoms with van der Waals surface area (Å²) in [6.45, 7) is 6.06. The number of rotatable bonds is 0. The molecule has 0 aromatic rings. The minimum atomic E-state index is 0. The average Bonchev–Trinajstić information content (AvgIpc) is 1.35. The number of hydrogen-bond donors (Lipinski definition) is 0. The highest BCUT2D eigenvalue weighted by molar-refractivity contribution is 4.55. The molecule has 0 amide bonds. The molecule has 0 radical (unpaired) electrons. The van der Waals surface area contributed by atoms with Gasteiger partial charge in [0.2, 0.25) is 0 Å². The maximum atomic E-state index is 4.94. The van der Waals surface area contributed by atoms with E-state index in [9.17, 15) is 0 Å². The van der Waals surface area contributed by atoms with Crippen molar-refractivity contribution < 1.29 is 4.74 Å². The van der Waals surface area contributed by atoms with E-state index in [-0.39, 0.29) is 13.0 Å². The summed E-state index contributed by atoms with van der Waals surface area (Å²) >= 11 is 0. The maximum Gasteiger partial charge on any atom is 0.0594 e. The Balaban J connectivity index is 0. The van der Waals surface area contributed by atoms with Crippen LogP contribution in [0, 0.1) is 0 Å². The topological polar surface area (TPSA) is 9.23 Å². The van der Waals surface area contributed by atoms with Gasteiger partial charge in [0.1, 0.15) is 0 Å². The third-order valence-electron chi connectivity index (χ3n) is 0.612. The fraction of sp³-hybridized carbons (Fsp3) is 1.00. The molecule has 0 saturated carbocycles. The number of ether oxygens (including phenoxy) is 1. The molecule has 0 fully saturated rings. The number of hydrogen-bond acceptors (Lipinski definition) is 1. The molecule has 0 unspecified atom stereocenters. The molecule has 0 aromatic heterocycles. The van der Waals surface area contributed by atoms with Crippen molar-refractivity contribution in [3.05, 3.63) is 0 Å². The summed E-state index contributed by atoms with van der Waals surface area (Å²) in [5.74, 6) is 0. The Labute approximate surface area is 46.7 Å². The standard InChI is InChI=1S/C5H12O.CH4/c1-5(2,3)6-4;/h1-4H3;1H4. The molecule has 0 saturated heterocycles. The average molecular weight is 104 g/mol. The molecule has 0 rings (SSSR count). The molecule has 0 atom stereocenters. The normalized spacial score (nSPS) is 10.3. The van der Waals surface area contributed by atoms with Gasteiger partial charge in [-0.15, -0.1) is 0 Å². The van der Waals surface area contributed by atoms with Crippen LogP contribution in [0.25, 0.3) is 0 Å². The lowest BCUT2D eigenvalue weighted by atomic mass is 10.2. The minimum Gasteiger partial charge on any atom is -0.379 e. The van der Waals surface area contributed by atoms with E-state index in [4.69, 9.17) is 4.74 Å². The van der Waals surface area contributed by atoms with E-state index in [0.717, 1.165) is 0 Å². The minimum absolute atomic E-state index is 0. The van der Waals surface area contributed by atoms with Gasteiger partial charge in [0.05, 0.1) is 5.60 Å². The van der Waals surface area contributed by atoms with Gasteiger partial charge in [-0.3, -0.25) is 0 Å². The van der Waals surface area contributed by atoms with Crippen molar-refractivity contribution in [2.24, 2.45) is 0 Å². The van der Waals surface area contributed by atoms with Gasteiger partial charge in [0, 0.05) is 7.11 Å². The van der Waals surface area contributed by atoms with Gasteiger partial charge in [-0.2, -0.15) is 0 Å². The van der Waals surface area contributed by atoms with Crippen molar-refractivity contribution in [1.82, 2.24) is 0 Å². The smallest absolute Gasteiger partial charge is 0.0594 e. The van der Waals surface area contributed by atoms with Gasteiger partial charge in [-0.1, -0.05) is 7.43 Å². The van der Waals surface area contributed by atoms with Crippen LogP contribution in [0.15, 0.2) is 0 Å². The summed E-state index contributed by atoms with van der Waals surface area (Å²) in [4.78, 5) is 0. The molecule has 0 spiro atoms. The van der Waals surface area contributed by atoms with Crippen molar-refractivity contribution in [2.45, 2.75) is 33.8 Å². The molecule has 7 heavy (non-hydrogen) atoms.